The summed E-state index contributed by atoms with van der Waals surface area (Å²) in [5.41, 5.74) is 4.01. The van der Waals surface area contributed by atoms with E-state index in [-0.39, 0.29) is 35.4 Å². The lowest BCUT2D eigenvalue weighted by molar-refractivity contribution is -0.137. The molecule has 0 radical (unpaired) electrons. The Hall–Kier alpha value is -6.38. The predicted octanol–water partition coefficient (Wildman–Crippen LogP) is 5.42. The van der Waals surface area contributed by atoms with Crippen LogP contribution in [-0.4, -0.2) is 108 Å². The topological polar surface area (TPSA) is 140 Å². The Labute approximate surface area is 362 Å². The number of carbonyl (C=O) groups excluding carboxylic acids is 5. The van der Waals surface area contributed by atoms with Gasteiger partial charge in [-0.05, 0) is 105 Å². The minimum atomic E-state index is -0.728. The third kappa shape index (κ3) is 10.9. The molecule has 5 amide bonds. The summed E-state index contributed by atoms with van der Waals surface area (Å²) < 4.78 is 13.8. The average Bonchev–Trinajstić information content (AvgIpc) is 3.90. The number of likely N-dealkylation sites (tertiary alicyclic amines) is 1. The van der Waals surface area contributed by atoms with Gasteiger partial charge in [-0.25, -0.2) is 9.83 Å². The summed E-state index contributed by atoms with van der Waals surface area (Å²) in [6.07, 6.45) is 10.6. The van der Waals surface area contributed by atoms with Crippen LogP contribution < -0.4 is 15.5 Å². The minimum Gasteiger partial charge on any atom is -0.369 e. The second-order valence-electron chi connectivity index (χ2n) is 16.4. The molecule has 322 valence electrons. The maximum atomic E-state index is 13.8. The molecule has 0 saturated carbocycles. The first-order valence-electron chi connectivity index (χ1n) is 21.8. The monoisotopic (exact) mass is 840 g/mol. The van der Waals surface area contributed by atoms with E-state index in [0.717, 1.165) is 114 Å². The van der Waals surface area contributed by atoms with Crippen molar-refractivity contribution >= 4 is 41.3 Å². The normalized spacial score (nSPS) is 19.1. The van der Waals surface area contributed by atoms with Gasteiger partial charge in [0.15, 0.2) is 0 Å². The molecule has 4 aliphatic rings. The van der Waals surface area contributed by atoms with Gasteiger partial charge in [0, 0.05) is 99.3 Å². The molecule has 3 fully saturated rings. The van der Waals surface area contributed by atoms with E-state index >= 15 is 0 Å². The fraction of sp³-hybridized carbons (Fsp3) is 0.438. The molecule has 0 bridgehead atoms. The summed E-state index contributed by atoms with van der Waals surface area (Å²) in [6, 6.07) is 15.9. The first-order valence-corrected chi connectivity index (χ1v) is 21.8. The number of nitrogens with zero attached hydrogens (tertiary/aromatic N) is 6. The Morgan fingerprint density at radius 1 is 0.952 bits per heavy atom. The molecule has 7 rings (SSSR count). The van der Waals surface area contributed by atoms with Crippen molar-refractivity contribution in [2.75, 3.05) is 57.3 Å². The number of pyridine rings is 1. The average molecular weight is 841 g/mol. The molecule has 4 aliphatic heterocycles. The van der Waals surface area contributed by atoms with Crippen molar-refractivity contribution in [3.63, 3.8) is 0 Å². The highest BCUT2D eigenvalue weighted by Gasteiger charge is 2.39. The van der Waals surface area contributed by atoms with Gasteiger partial charge in [-0.1, -0.05) is 36.8 Å². The lowest BCUT2D eigenvalue weighted by Crippen LogP contribution is -2.52. The summed E-state index contributed by atoms with van der Waals surface area (Å²) in [7, 11) is 0. The third-order valence-electron chi connectivity index (χ3n) is 12.3. The Balaban J connectivity index is 0.754. The molecular formula is C48H53FN8O5. The number of unbranched alkanes of at least 4 members (excludes halogenated alkanes) is 4. The van der Waals surface area contributed by atoms with Crippen LogP contribution in [0.25, 0.3) is 10.9 Å². The molecule has 14 heteroatoms. The largest absolute Gasteiger partial charge is 0.369 e. The van der Waals surface area contributed by atoms with Crippen LogP contribution in [0.3, 0.4) is 0 Å². The summed E-state index contributed by atoms with van der Waals surface area (Å²) in [5.74, 6) is 4.88. The fourth-order valence-corrected chi connectivity index (χ4v) is 8.72. The minimum absolute atomic E-state index is 0.0593. The van der Waals surface area contributed by atoms with Gasteiger partial charge in [0.05, 0.1) is 6.57 Å². The molecular weight excluding hydrogens is 788 g/mol. The van der Waals surface area contributed by atoms with E-state index in [1.807, 2.05) is 29.2 Å². The lowest BCUT2D eigenvalue weighted by Gasteiger charge is -2.36. The number of piperidine rings is 1. The molecule has 3 aromatic rings. The zero-order chi connectivity index (χ0) is 43.4. The highest BCUT2D eigenvalue weighted by Crippen LogP contribution is 2.30. The van der Waals surface area contributed by atoms with Gasteiger partial charge in [-0.15, -0.1) is 0 Å². The number of rotatable bonds is 15. The molecule has 2 unspecified atom stereocenters. The van der Waals surface area contributed by atoms with Crippen molar-refractivity contribution in [3.8, 4) is 11.8 Å². The first kappa shape index (κ1) is 43.7. The molecule has 3 saturated heterocycles. The number of aromatic nitrogens is 1. The Kier molecular flexibility index (Phi) is 14.8. The van der Waals surface area contributed by atoms with Gasteiger partial charge in [0.1, 0.15) is 6.04 Å². The van der Waals surface area contributed by atoms with E-state index in [1.54, 1.807) is 17.0 Å². The maximum Gasteiger partial charge on any atom is 0.255 e. The van der Waals surface area contributed by atoms with Gasteiger partial charge >= 0.3 is 0 Å². The molecule has 0 aliphatic carbocycles. The molecule has 13 nitrogen and oxygen atoms in total. The Bertz CT molecular complexity index is 2290. The number of amides is 5. The van der Waals surface area contributed by atoms with E-state index in [1.165, 1.54) is 18.3 Å². The summed E-state index contributed by atoms with van der Waals surface area (Å²) in [4.78, 5) is 78.1. The van der Waals surface area contributed by atoms with E-state index in [9.17, 15) is 28.4 Å². The van der Waals surface area contributed by atoms with E-state index in [4.69, 9.17) is 6.57 Å². The number of hydrogen-bond acceptors (Lipinski definition) is 8. The second kappa shape index (κ2) is 20.9. The predicted molar refractivity (Wildman–Crippen MR) is 233 cm³/mol. The Morgan fingerprint density at radius 3 is 2.55 bits per heavy atom. The standard InChI is InChI=1S/C48H53FN8O5/c1-50-41(31-37-14-10-24-51-44(37)49)45(59)52-23-7-6-11-34-22-26-56(32-34)47(61)36-16-18-38(19-17-36)55-29-27-54(28-30-55)25-8-4-2-3-5-12-35-13-9-15-39-40(35)33-57(48(39)62)42-20-21-43(58)53-46(42)60/h9-10,13-19,24,31,34,42H,2-4,6-8,11,20-23,25-30,32-33H2,(H,52,59)(H,53,58,60)/b41-31-. The second-order valence-corrected chi connectivity index (χ2v) is 16.4. The maximum absolute atomic E-state index is 13.8. The number of carbonyl (C=O) groups is 5. The van der Waals surface area contributed by atoms with Gasteiger partial charge in [-0.3, -0.25) is 34.2 Å². The first-order chi connectivity index (χ1) is 30.2. The molecule has 0 spiro atoms. The van der Waals surface area contributed by atoms with Gasteiger partial charge in [-0.2, -0.15) is 4.39 Å². The summed E-state index contributed by atoms with van der Waals surface area (Å²) >= 11 is 0. The number of piperazine rings is 1. The van der Waals surface area contributed by atoms with Crippen LogP contribution in [0.4, 0.5) is 10.1 Å². The van der Waals surface area contributed by atoms with Crippen molar-refractivity contribution in [1.82, 2.24) is 30.3 Å². The molecule has 2 aromatic carbocycles. The van der Waals surface area contributed by atoms with Crippen LogP contribution >= 0.6 is 0 Å². The number of anilines is 1. The van der Waals surface area contributed by atoms with E-state index in [2.05, 4.69) is 54.2 Å². The molecule has 1 aromatic heterocycles. The zero-order valence-corrected chi connectivity index (χ0v) is 35.0. The summed E-state index contributed by atoms with van der Waals surface area (Å²) in [5, 5.41) is 5.11. The van der Waals surface area contributed by atoms with Crippen LogP contribution in [0.2, 0.25) is 0 Å². The van der Waals surface area contributed by atoms with Crippen LogP contribution in [0.5, 0.6) is 0 Å². The number of halogens is 1. The molecule has 62 heavy (non-hydrogen) atoms. The van der Waals surface area contributed by atoms with Crippen LogP contribution in [0, 0.1) is 30.3 Å². The number of hydrogen-bond donors (Lipinski definition) is 2. The number of benzene rings is 2. The Morgan fingerprint density at radius 2 is 1.77 bits per heavy atom. The highest BCUT2D eigenvalue weighted by atomic mass is 19.1. The van der Waals surface area contributed by atoms with Crippen LogP contribution in [0.15, 0.2) is 66.5 Å². The van der Waals surface area contributed by atoms with Crippen molar-refractivity contribution in [2.45, 2.75) is 76.8 Å². The van der Waals surface area contributed by atoms with Crippen molar-refractivity contribution in [2.24, 2.45) is 5.92 Å². The number of imide groups is 1. The third-order valence-corrected chi connectivity index (χ3v) is 12.3. The highest BCUT2D eigenvalue weighted by molar-refractivity contribution is 6.05. The zero-order valence-electron chi connectivity index (χ0n) is 35.0. The summed E-state index contributed by atoms with van der Waals surface area (Å²) in [6.45, 7) is 14.4. The van der Waals surface area contributed by atoms with Gasteiger partial charge in [0.2, 0.25) is 23.7 Å². The van der Waals surface area contributed by atoms with Gasteiger partial charge in [0.25, 0.3) is 17.5 Å². The smallest absolute Gasteiger partial charge is 0.255 e. The van der Waals surface area contributed by atoms with Crippen LogP contribution in [0.1, 0.15) is 102 Å². The lowest BCUT2D eigenvalue weighted by atomic mass is 10.0. The number of nitrogens with one attached hydrogen (secondary N) is 2. The van der Waals surface area contributed by atoms with Crippen molar-refractivity contribution in [3.05, 3.63) is 112 Å². The molecule has 2 atom stereocenters. The molecule has 2 N–H and O–H groups in total. The van der Waals surface area contributed by atoms with Crippen molar-refractivity contribution in [1.29, 1.82) is 0 Å². The number of fused-ring (bicyclic) bond motifs is 1. The fourth-order valence-electron chi connectivity index (χ4n) is 8.72. The SMILES string of the molecule is [C-]#[N+]/C(=C\c1cccnc1F)C(=O)NCCCCC1CCN(C(=O)c2ccc(N3CCN(CCCCCC#Cc4cccc5c4CN(C4CCC(=O)NC4=O)C5=O)CC3)cc2)C1. The van der Waals surface area contributed by atoms with Crippen LogP contribution in [-0.2, 0) is 20.9 Å². The van der Waals surface area contributed by atoms with E-state index in [0.29, 0.717) is 36.6 Å². The van der Waals surface area contributed by atoms with E-state index < -0.39 is 23.8 Å². The quantitative estimate of drug-likeness (QED) is 0.0517. The van der Waals surface area contributed by atoms with Crippen molar-refractivity contribution < 1.29 is 28.4 Å². The van der Waals surface area contributed by atoms with Gasteiger partial charge < -0.3 is 20.0 Å². The molecule has 5 heterocycles.